The van der Waals surface area contributed by atoms with Crippen LogP contribution >= 0.6 is 11.6 Å². The lowest BCUT2D eigenvalue weighted by atomic mass is 9.81. The van der Waals surface area contributed by atoms with E-state index in [0.29, 0.717) is 16.3 Å². The summed E-state index contributed by atoms with van der Waals surface area (Å²) in [6.07, 6.45) is 2.45. The van der Waals surface area contributed by atoms with E-state index in [4.69, 9.17) is 16.3 Å². The van der Waals surface area contributed by atoms with Gasteiger partial charge in [0.05, 0.1) is 6.04 Å². The van der Waals surface area contributed by atoms with Crippen LogP contribution in [0.3, 0.4) is 0 Å². The molecule has 0 radical (unpaired) electrons. The molecule has 5 heteroatoms. The molecule has 3 nitrogen and oxygen atoms in total. The predicted octanol–water partition coefficient (Wildman–Crippen LogP) is 5.32. The largest absolute Gasteiger partial charge is 0.457 e. The number of nitrogens with zero attached hydrogens (tertiary/aromatic N) is 1. The van der Waals surface area contributed by atoms with Gasteiger partial charge in [0.1, 0.15) is 5.75 Å². The van der Waals surface area contributed by atoms with Crippen LogP contribution < -0.4 is 4.74 Å². The van der Waals surface area contributed by atoms with Crippen molar-refractivity contribution in [2.45, 2.75) is 30.7 Å². The topological polar surface area (TPSA) is 29.5 Å². The van der Waals surface area contributed by atoms with Crippen LogP contribution in [0.1, 0.15) is 45.3 Å². The van der Waals surface area contributed by atoms with Gasteiger partial charge >= 0.3 is 0 Å². The molecule has 1 fully saturated rings. The average Bonchev–Trinajstić information content (AvgIpc) is 3.20. The molecule has 2 aromatic carbocycles. The molecule has 2 unspecified atom stereocenters. The summed E-state index contributed by atoms with van der Waals surface area (Å²) in [4.78, 5) is 15.0. The second kappa shape index (κ2) is 6.21. The highest BCUT2D eigenvalue weighted by Crippen LogP contribution is 2.59. The van der Waals surface area contributed by atoms with Crippen LogP contribution in [0.5, 0.6) is 5.75 Å². The first kappa shape index (κ1) is 17.5. The van der Waals surface area contributed by atoms with Crippen LogP contribution in [-0.2, 0) is 0 Å². The first-order valence-corrected chi connectivity index (χ1v) is 9.71. The molecule has 5 rings (SSSR count). The fourth-order valence-electron chi connectivity index (χ4n) is 5.04. The van der Waals surface area contributed by atoms with E-state index >= 15 is 0 Å². The van der Waals surface area contributed by atoms with Crippen LogP contribution in [0.4, 0.5) is 4.39 Å². The fraction of sp³-hybridized carbons (Fsp3) is 0.261. The maximum absolute atomic E-state index is 14.0. The van der Waals surface area contributed by atoms with Crippen molar-refractivity contribution in [1.82, 2.24) is 4.90 Å². The lowest BCUT2D eigenvalue weighted by Gasteiger charge is -2.28. The minimum absolute atomic E-state index is 0.00880. The van der Waals surface area contributed by atoms with Crippen molar-refractivity contribution >= 4 is 23.6 Å². The highest BCUT2D eigenvalue weighted by atomic mass is 35.5. The SMILES string of the molecule is C=CC(F)Oc1cccc2c1[C@@H]1CC(C3=Cc4ccc(Cl)cc4[C@@H]31)N(C)C2=O. The van der Waals surface area contributed by atoms with Crippen LogP contribution in [0.25, 0.3) is 6.08 Å². The number of fused-ring (bicyclic) bond motifs is 9. The second-order valence-corrected chi connectivity index (χ2v) is 8.03. The normalized spacial score (nSPS) is 25.4. The van der Waals surface area contributed by atoms with Gasteiger partial charge < -0.3 is 9.64 Å². The van der Waals surface area contributed by atoms with E-state index in [2.05, 4.69) is 12.7 Å². The Hall–Kier alpha value is -2.59. The first-order valence-electron chi connectivity index (χ1n) is 9.34. The molecule has 2 aromatic rings. The van der Waals surface area contributed by atoms with Gasteiger partial charge in [-0.1, -0.05) is 36.4 Å². The van der Waals surface area contributed by atoms with Crippen molar-refractivity contribution in [3.8, 4) is 5.75 Å². The fourth-order valence-corrected chi connectivity index (χ4v) is 5.22. The van der Waals surface area contributed by atoms with E-state index in [1.807, 2.05) is 30.1 Å². The van der Waals surface area contributed by atoms with E-state index in [0.717, 1.165) is 23.6 Å². The Kier molecular flexibility index (Phi) is 3.88. The Morgan fingerprint density at radius 2 is 2.18 bits per heavy atom. The van der Waals surface area contributed by atoms with E-state index < -0.39 is 6.36 Å². The van der Waals surface area contributed by atoms with E-state index in [-0.39, 0.29) is 23.8 Å². The second-order valence-electron chi connectivity index (χ2n) is 7.59. The Morgan fingerprint density at radius 1 is 1.36 bits per heavy atom. The van der Waals surface area contributed by atoms with E-state index in [9.17, 15) is 9.18 Å². The minimum atomic E-state index is -1.62. The molecule has 0 spiro atoms. The Labute approximate surface area is 168 Å². The highest BCUT2D eigenvalue weighted by molar-refractivity contribution is 6.30. The van der Waals surface area contributed by atoms with Crippen LogP contribution in [0.2, 0.25) is 5.02 Å². The van der Waals surface area contributed by atoms with E-state index in [1.54, 1.807) is 18.2 Å². The third kappa shape index (κ3) is 2.37. The number of ether oxygens (including phenoxy) is 1. The average molecular weight is 396 g/mol. The Morgan fingerprint density at radius 3 is 2.96 bits per heavy atom. The molecular formula is C23H19ClFNO2. The molecule has 2 bridgehead atoms. The predicted molar refractivity (Wildman–Crippen MR) is 108 cm³/mol. The van der Waals surface area contributed by atoms with Gasteiger partial charge in [-0.05, 0) is 53.5 Å². The summed E-state index contributed by atoms with van der Waals surface area (Å²) in [7, 11) is 1.84. The summed E-state index contributed by atoms with van der Waals surface area (Å²) in [6.45, 7) is 3.46. The number of amides is 1. The third-order valence-corrected chi connectivity index (χ3v) is 6.44. The van der Waals surface area contributed by atoms with E-state index in [1.165, 1.54) is 11.1 Å². The van der Waals surface area contributed by atoms with Crippen molar-refractivity contribution in [1.29, 1.82) is 0 Å². The van der Waals surface area contributed by atoms with Gasteiger partial charge in [-0.25, -0.2) is 0 Å². The van der Waals surface area contributed by atoms with Crippen LogP contribution in [0, 0.1) is 0 Å². The van der Waals surface area contributed by atoms with Crippen LogP contribution in [0.15, 0.2) is 54.6 Å². The van der Waals surface area contributed by atoms with Gasteiger partial charge in [0, 0.05) is 35.0 Å². The first-order chi connectivity index (χ1) is 13.5. The van der Waals surface area contributed by atoms with Gasteiger partial charge in [-0.3, -0.25) is 4.79 Å². The zero-order valence-electron chi connectivity index (χ0n) is 15.4. The smallest absolute Gasteiger partial charge is 0.257 e. The number of carbonyl (C=O) groups excluding carboxylic acids is 1. The number of benzene rings is 2. The number of carbonyl (C=O) groups is 1. The lowest BCUT2D eigenvalue weighted by molar-refractivity contribution is 0.0760. The summed E-state index contributed by atoms with van der Waals surface area (Å²) in [5.74, 6) is 0.483. The van der Waals surface area contributed by atoms with Gasteiger partial charge in [0.2, 0.25) is 0 Å². The quantitative estimate of drug-likeness (QED) is 0.658. The standard InChI is InChI=1S/C23H19ClFNO2/c1-3-20(25)28-19-6-4-5-14-22(19)17-11-18(26(2)23(14)27)16-9-12-7-8-13(24)10-15(12)21(16)17/h3-10,17-18,20-21H,1,11H2,2H3/t17-,18?,20?,21+/m1/s1. The summed E-state index contributed by atoms with van der Waals surface area (Å²) in [5.41, 5.74) is 4.89. The number of halogens is 2. The van der Waals surface area contributed by atoms with Crippen molar-refractivity contribution in [3.63, 3.8) is 0 Å². The number of alkyl halides is 1. The maximum atomic E-state index is 14.0. The maximum Gasteiger partial charge on any atom is 0.257 e. The van der Waals surface area contributed by atoms with Gasteiger partial charge in [0.15, 0.2) is 0 Å². The molecular weight excluding hydrogens is 377 g/mol. The number of hydrogen-bond acceptors (Lipinski definition) is 2. The molecule has 1 aliphatic heterocycles. The Balaban J connectivity index is 1.72. The van der Waals surface area contributed by atoms with Crippen molar-refractivity contribution in [2.24, 2.45) is 0 Å². The minimum Gasteiger partial charge on any atom is -0.457 e. The number of rotatable bonds is 3. The van der Waals surface area contributed by atoms with Gasteiger partial charge in [-0.2, -0.15) is 4.39 Å². The van der Waals surface area contributed by atoms with Crippen molar-refractivity contribution < 1.29 is 13.9 Å². The number of hydrogen-bond donors (Lipinski definition) is 0. The number of likely N-dealkylation sites (N-methyl/N-ethyl adjacent to an activating group) is 1. The zero-order chi connectivity index (χ0) is 19.6. The molecule has 1 amide bonds. The van der Waals surface area contributed by atoms with Crippen molar-refractivity contribution in [2.75, 3.05) is 7.05 Å². The zero-order valence-corrected chi connectivity index (χ0v) is 16.1. The summed E-state index contributed by atoms with van der Waals surface area (Å²) in [5, 5.41) is 0.692. The molecule has 0 aromatic heterocycles. The van der Waals surface area contributed by atoms with Gasteiger partial charge in [-0.15, -0.1) is 0 Å². The highest BCUT2D eigenvalue weighted by Gasteiger charge is 2.50. The molecule has 0 N–H and O–H groups in total. The molecule has 0 saturated heterocycles. The molecule has 4 atom stereocenters. The monoisotopic (exact) mass is 395 g/mol. The van der Waals surface area contributed by atoms with Crippen LogP contribution in [-0.4, -0.2) is 30.3 Å². The Bertz CT molecular complexity index is 1050. The molecule has 1 heterocycles. The summed E-state index contributed by atoms with van der Waals surface area (Å²) in [6, 6.07) is 11.2. The van der Waals surface area contributed by atoms with Crippen molar-refractivity contribution in [3.05, 3.63) is 81.9 Å². The molecule has 2 aliphatic carbocycles. The molecule has 28 heavy (non-hydrogen) atoms. The summed E-state index contributed by atoms with van der Waals surface area (Å²) < 4.78 is 19.5. The summed E-state index contributed by atoms with van der Waals surface area (Å²) >= 11 is 6.29. The molecule has 3 aliphatic rings. The molecule has 1 saturated carbocycles. The molecule has 142 valence electrons. The third-order valence-electron chi connectivity index (χ3n) is 6.21. The lowest BCUT2D eigenvalue weighted by Crippen LogP contribution is -2.36. The van der Waals surface area contributed by atoms with Gasteiger partial charge in [0.25, 0.3) is 12.3 Å².